The Hall–Kier alpha value is -1.42. The van der Waals surface area contributed by atoms with Gasteiger partial charge in [-0.3, -0.25) is 9.78 Å². The van der Waals surface area contributed by atoms with E-state index >= 15 is 0 Å². The number of hydrogen-bond acceptors (Lipinski definition) is 3. The SMILES string of the molecule is CC(NC(=O)C1CCNC1C)c1ccccn1. The van der Waals surface area contributed by atoms with Gasteiger partial charge in [-0.05, 0) is 38.9 Å². The van der Waals surface area contributed by atoms with Gasteiger partial charge < -0.3 is 10.6 Å². The number of amides is 1. The summed E-state index contributed by atoms with van der Waals surface area (Å²) in [6.45, 7) is 4.95. The van der Waals surface area contributed by atoms with Crippen molar-refractivity contribution in [2.24, 2.45) is 5.92 Å². The second kappa shape index (κ2) is 5.27. The van der Waals surface area contributed by atoms with Crippen LogP contribution in [-0.4, -0.2) is 23.5 Å². The molecule has 4 nitrogen and oxygen atoms in total. The van der Waals surface area contributed by atoms with Crippen molar-refractivity contribution in [1.82, 2.24) is 15.6 Å². The number of pyridine rings is 1. The first-order chi connectivity index (χ1) is 8.18. The third-order valence-electron chi connectivity index (χ3n) is 3.35. The first kappa shape index (κ1) is 12.0. The highest BCUT2D eigenvalue weighted by atomic mass is 16.2. The Morgan fingerprint density at radius 1 is 1.59 bits per heavy atom. The highest BCUT2D eigenvalue weighted by Gasteiger charge is 2.30. The Balaban J connectivity index is 1.95. The Kier molecular flexibility index (Phi) is 3.74. The molecule has 3 unspecified atom stereocenters. The molecule has 1 amide bonds. The molecule has 0 radical (unpaired) electrons. The van der Waals surface area contributed by atoms with Gasteiger partial charge in [-0.25, -0.2) is 0 Å². The molecule has 17 heavy (non-hydrogen) atoms. The van der Waals surface area contributed by atoms with Crippen LogP contribution in [0, 0.1) is 5.92 Å². The molecule has 0 spiro atoms. The second-order valence-corrected chi connectivity index (χ2v) is 4.62. The molecule has 1 aliphatic rings. The van der Waals surface area contributed by atoms with Crippen molar-refractivity contribution in [3.63, 3.8) is 0 Å². The van der Waals surface area contributed by atoms with Crippen LogP contribution in [0.2, 0.25) is 0 Å². The molecule has 3 atom stereocenters. The van der Waals surface area contributed by atoms with E-state index in [2.05, 4.69) is 22.5 Å². The molecule has 0 aromatic carbocycles. The van der Waals surface area contributed by atoms with Gasteiger partial charge in [0.2, 0.25) is 5.91 Å². The fraction of sp³-hybridized carbons (Fsp3) is 0.538. The Morgan fingerprint density at radius 2 is 2.41 bits per heavy atom. The summed E-state index contributed by atoms with van der Waals surface area (Å²) in [6.07, 6.45) is 2.67. The molecule has 1 aromatic rings. The summed E-state index contributed by atoms with van der Waals surface area (Å²) >= 11 is 0. The van der Waals surface area contributed by atoms with Crippen LogP contribution in [0.1, 0.15) is 32.0 Å². The number of nitrogens with one attached hydrogen (secondary N) is 2. The molecule has 92 valence electrons. The van der Waals surface area contributed by atoms with Crippen molar-refractivity contribution in [2.75, 3.05) is 6.54 Å². The van der Waals surface area contributed by atoms with Gasteiger partial charge in [-0.15, -0.1) is 0 Å². The average molecular weight is 233 g/mol. The van der Waals surface area contributed by atoms with Gasteiger partial charge in [0.25, 0.3) is 0 Å². The van der Waals surface area contributed by atoms with E-state index in [0.717, 1.165) is 18.7 Å². The Bertz CT molecular complexity index is 380. The summed E-state index contributed by atoms with van der Waals surface area (Å²) in [5.74, 6) is 0.210. The molecule has 1 aromatic heterocycles. The fourth-order valence-corrected chi connectivity index (χ4v) is 2.24. The van der Waals surface area contributed by atoms with Crippen LogP contribution in [0.25, 0.3) is 0 Å². The number of carbonyl (C=O) groups excluding carboxylic acids is 1. The molecule has 1 saturated heterocycles. The Morgan fingerprint density at radius 3 is 3.00 bits per heavy atom. The van der Waals surface area contributed by atoms with E-state index in [1.54, 1.807) is 6.20 Å². The molecule has 2 heterocycles. The molecule has 2 N–H and O–H groups in total. The molecule has 4 heteroatoms. The lowest BCUT2D eigenvalue weighted by Gasteiger charge is -2.19. The van der Waals surface area contributed by atoms with Crippen LogP contribution in [0.15, 0.2) is 24.4 Å². The molecule has 0 aliphatic carbocycles. The normalized spacial score (nSPS) is 25.5. The second-order valence-electron chi connectivity index (χ2n) is 4.62. The van der Waals surface area contributed by atoms with E-state index in [4.69, 9.17) is 0 Å². The minimum Gasteiger partial charge on any atom is -0.348 e. The lowest BCUT2D eigenvalue weighted by Crippen LogP contribution is -2.38. The van der Waals surface area contributed by atoms with Gasteiger partial charge in [0.05, 0.1) is 17.7 Å². The zero-order chi connectivity index (χ0) is 12.3. The van der Waals surface area contributed by atoms with Gasteiger partial charge in [0, 0.05) is 12.2 Å². The average Bonchev–Trinajstić information content (AvgIpc) is 2.76. The molecule has 0 bridgehead atoms. The highest BCUT2D eigenvalue weighted by Crippen LogP contribution is 2.17. The highest BCUT2D eigenvalue weighted by molar-refractivity contribution is 5.80. The molecule has 0 saturated carbocycles. The van der Waals surface area contributed by atoms with Gasteiger partial charge >= 0.3 is 0 Å². The van der Waals surface area contributed by atoms with Crippen LogP contribution in [0.3, 0.4) is 0 Å². The fourth-order valence-electron chi connectivity index (χ4n) is 2.24. The minimum atomic E-state index is -0.0310. The third-order valence-corrected chi connectivity index (χ3v) is 3.35. The summed E-state index contributed by atoms with van der Waals surface area (Å²) in [5, 5.41) is 6.31. The van der Waals surface area contributed by atoms with Crippen LogP contribution < -0.4 is 10.6 Å². The number of rotatable bonds is 3. The zero-order valence-corrected chi connectivity index (χ0v) is 10.3. The van der Waals surface area contributed by atoms with E-state index in [1.165, 1.54) is 0 Å². The van der Waals surface area contributed by atoms with Crippen molar-refractivity contribution >= 4 is 5.91 Å². The minimum absolute atomic E-state index is 0.0310. The molecular weight excluding hydrogens is 214 g/mol. The first-order valence-electron chi connectivity index (χ1n) is 6.13. The predicted octanol–water partition coefficient (Wildman–Crippen LogP) is 1.26. The summed E-state index contributed by atoms with van der Waals surface area (Å²) in [6, 6.07) is 5.98. The number of hydrogen-bond donors (Lipinski definition) is 2. The van der Waals surface area contributed by atoms with Crippen molar-refractivity contribution in [3.05, 3.63) is 30.1 Å². The third kappa shape index (κ3) is 2.82. The number of aromatic nitrogens is 1. The number of carbonyl (C=O) groups is 1. The van der Waals surface area contributed by atoms with Gasteiger partial charge in [0.15, 0.2) is 0 Å². The van der Waals surface area contributed by atoms with Gasteiger partial charge in [0.1, 0.15) is 0 Å². The van der Waals surface area contributed by atoms with Gasteiger partial charge in [-0.2, -0.15) is 0 Å². The summed E-state index contributed by atoms with van der Waals surface area (Å²) < 4.78 is 0. The topological polar surface area (TPSA) is 54.0 Å². The van der Waals surface area contributed by atoms with Crippen LogP contribution in [-0.2, 0) is 4.79 Å². The monoisotopic (exact) mass is 233 g/mol. The molecular formula is C13H19N3O. The first-order valence-corrected chi connectivity index (χ1v) is 6.13. The lowest BCUT2D eigenvalue weighted by atomic mass is 10.0. The van der Waals surface area contributed by atoms with Crippen molar-refractivity contribution < 1.29 is 4.79 Å². The summed E-state index contributed by atoms with van der Waals surface area (Å²) in [4.78, 5) is 16.3. The van der Waals surface area contributed by atoms with Crippen LogP contribution in [0.4, 0.5) is 0 Å². The van der Waals surface area contributed by atoms with E-state index < -0.39 is 0 Å². The largest absolute Gasteiger partial charge is 0.348 e. The zero-order valence-electron chi connectivity index (χ0n) is 10.3. The maximum atomic E-state index is 12.1. The van der Waals surface area contributed by atoms with Crippen LogP contribution in [0.5, 0.6) is 0 Å². The molecule has 1 aliphatic heterocycles. The van der Waals surface area contributed by atoms with E-state index in [0.29, 0.717) is 0 Å². The standard InChI is InChI=1S/C13H19N3O/c1-9-11(6-8-14-9)13(17)16-10(2)12-5-3-4-7-15-12/h3-5,7,9-11,14H,6,8H2,1-2H3,(H,16,17). The Labute approximate surface area is 102 Å². The van der Waals surface area contributed by atoms with Crippen molar-refractivity contribution in [3.8, 4) is 0 Å². The van der Waals surface area contributed by atoms with E-state index in [9.17, 15) is 4.79 Å². The number of nitrogens with zero attached hydrogens (tertiary/aromatic N) is 1. The van der Waals surface area contributed by atoms with Crippen LogP contribution >= 0.6 is 0 Å². The molecule has 1 fully saturated rings. The van der Waals surface area contributed by atoms with E-state index in [-0.39, 0.29) is 23.9 Å². The summed E-state index contributed by atoms with van der Waals surface area (Å²) in [5.41, 5.74) is 0.902. The van der Waals surface area contributed by atoms with Gasteiger partial charge in [-0.1, -0.05) is 6.07 Å². The lowest BCUT2D eigenvalue weighted by molar-refractivity contribution is -0.125. The maximum absolute atomic E-state index is 12.1. The quantitative estimate of drug-likeness (QED) is 0.826. The maximum Gasteiger partial charge on any atom is 0.225 e. The smallest absolute Gasteiger partial charge is 0.225 e. The van der Waals surface area contributed by atoms with Crippen molar-refractivity contribution in [1.29, 1.82) is 0 Å². The molecule has 2 rings (SSSR count). The predicted molar refractivity (Wildman–Crippen MR) is 66.4 cm³/mol. The van der Waals surface area contributed by atoms with E-state index in [1.807, 2.05) is 25.1 Å². The van der Waals surface area contributed by atoms with Crippen molar-refractivity contribution in [2.45, 2.75) is 32.4 Å². The summed E-state index contributed by atoms with van der Waals surface area (Å²) in [7, 11) is 0.